The van der Waals surface area contributed by atoms with Crippen LogP contribution in [0.3, 0.4) is 0 Å². The highest BCUT2D eigenvalue weighted by Crippen LogP contribution is 2.25. The second-order valence-electron chi connectivity index (χ2n) is 4.20. The lowest BCUT2D eigenvalue weighted by Gasteiger charge is -2.13. The molecule has 0 radical (unpaired) electrons. The van der Waals surface area contributed by atoms with Crippen molar-refractivity contribution < 1.29 is 4.79 Å². The van der Waals surface area contributed by atoms with Crippen LogP contribution < -0.4 is 0 Å². The van der Waals surface area contributed by atoms with Crippen LogP contribution in [-0.4, -0.2) is 5.78 Å². The maximum Gasteiger partial charge on any atom is 0.171 e. The predicted octanol–water partition coefficient (Wildman–Crippen LogP) is 4.22. The Labute approximate surface area is 117 Å². The van der Waals surface area contributed by atoms with Gasteiger partial charge < -0.3 is 0 Å². The van der Waals surface area contributed by atoms with E-state index in [-0.39, 0.29) is 12.2 Å². The molecule has 0 aliphatic heterocycles. The summed E-state index contributed by atoms with van der Waals surface area (Å²) in [5, 5.41) is 9.44. The Morgan fingerprint density at radius 3 is 2.53 bits per heavy atom. The summed E-state index contributed by atoms with van der Waals surface area (Å²) in [6, 6.07) is 18.2. The quantitative estimate of drug-likeness (QED) is 0.780. The van der Waals surface area contributed by atoms with Gasteiger partial charge in [-0.15, -0.1) is 0 Å². The predicted molar refractivity (Wildman–Crippen MR) is 75.2 cm³/mol. The zero-order chi connectivity index (χ0) is 13.7. The summed E-state index contributed by atoms with van der Waals surface area (Å²) in [6.07, 6.45) is 0.162. The summed E-state index contributed by atoms with van der Waals surface area (Å²) in [5.41, 5.74) is 1.39. The first-order chi connectivity index (χ1) is 9.22. The number of ketones is 1. The van der Waals surface area contributed by atoms with Crippen molar-refractivity contribution in [1.29, 1.82) is 5.26 Å². The summed E-state index contributed by atoms with van der Waals surface area (Å²) in [6.45, 7) is 0. The highest BCUT2D eigenvalue weighted by molar-refractivity contribution is 6.31. The Morgan fingerprint density at radius 2 is 1.89 bits per heavy atom. The van der Waals surface area contributed by atoms with Crippen LogP contribution in [0.1, 0.15) is 28.3 Å². The lowest BCUT2D eigenvalue weighted by Crippen LogP contribution is -2.12. The number of carbonyl (C=O) groups is 1. The first-order valence-electron chi connectivity index (χ1n) is 5.94. The van der Waals surface area contributed by atoms with Crippen molar-refractivity contribution in [3.63, 3.8) is 0 Å². The van der Waals surface area contributed by atoms with Gasteiger partial charge in [0.05, 0.1) is 12.0 Å². The van der Waals surface area contributed by atoms with E-state index in [0.717, 1.165) is 5.56 Å². The third kappa shape index (κ3) is 3.21. The van der Waals surface area contributed by atoms with Gasteiger partial charge in [0.2, 0.25) is 0 Å². The fourth-order valence-electron chi connectivity index (χ4n) is 1.98. The van der Waals surface area contributed by atoms with Crippen molar-refractivity contribution in [3.05, 3.63) is 70.7 Å². The van der Waals surface area contributed by atoms with Crippen LogP contribution in [0.4, 0.5) is 0 Å². The first kappa shape index (κ1) is 13.3. The Bertz CT molecular complexity index is 616. The smallest absolute Gasteiger partial charge is 0.171 e. The van der Waals surface area contributed by atoms with Gasteiger partial charge in [0.1, 0.15) is 0 Å². The number of rotatable bonds is 4. The monoisotopic (exact) mass is 269 g/mol. The molecule has 0 fully saturated rings. The molecule has 0 N–H and O–H groups in total. The molecule has 0 spiro atoms. The zero-order valence-electron chi connectivity index (χ0n) is 10.2. The van der Waals surface area contributed by atoms with Crippen molar-refractivity contribution in [2.24, 2.45) is 0 Å². The van der Waals surface area contributed by atoms with E-state index in [1.54, 1.807) is 24.3 Å². The number of carbonyl (C=O) groups excluding carboxylic acids is 1. The molecular formula is C16H12ClNO. The summed E-state index contributed by atoms with van der Waals surface area (Å²) < 4.78 is 0. The topological polar surface area (TPSA) is 40.9 Å². The van der Waals surface area contributed by atoms with Gasteiger partial charge in [-0.2, -0.15) is 5.26 Å². The second kappa shape index (κ2) is 6.17. The fraction of sp³-hybridized carbons (Fsp3) is 0.125. The van der Waals surface area contributed by atoms with E-state index in [1.807, 2.05) is 30.3 Å². The molecule has 0 aliphatic rings. The van der Waals surface area contributed by atoms with Gasteiger partial charge >= 0.3 is 0 Å². The molecule has 0 heterocycles. The Hall–Kier alpha value is -2.11. The SMILES string of the molecule is N#CCC(C(=O)c1cccc(Cl)c1)c1ccccc1. The molecule has 1 unspecified atom stereocenters. The standard InChI is InChI=1S/C16H12ClNO/c17-14-8-4-7-13(11-14)16(19)15(9-10-18)12-5-2-1-3-6-12/h1-8,11,15H,9H2. The maximum atomic E-state index is 12.5. The van der Waals surface area contributed by atoms with Crippen LogP contribution >= 0.6 is 11.6 Å². The van der Waals surface area contributed by atoms with E-state index < -0.39 is 5.92 Å². The number of nitriles is 1. The first-order valence-corrected chi connectivity index (χ1v) is 6.32. The largest absolute Gasteiger partial charge is 0.293 e. The highest BCUT2D eigenvalue weighted by atomic mass is 35.5. The van der Waals surface area contributed by atoms with Crippen LogP contribution in [0.5, 0.6) is 0 Å². The van der Waals surface area contributed by atoms with E-state index >= 15 is 0 Å². The molecule has 0 bridgehead atoms. The molecule has 94 valence electrons. The number of Topliss-reactive ketones (excluding diaryl/α,β-unsaturated/α-hetero) is 1. The van der Waals surface area contributed by atoms with Gasteiger partial charge in [0, 0.05) is 17.0 Å². The number of benzene rings is 2. The Kier molecular flexibility index (Phi) is 4.33. The lowest BCUT2D eigenvalue weighted by molar-refractivity contribution is 0.0960. The number of nitrogens with zero attached hydrogens (tertiary/aromatic N) is 1. The Balaban J connectivity index is 2.35. The minimum Gasteiger partial charge on any atom is -0.293 e. The van der Waals surface area contributed by atoms with Crippen molar-refractivity contribution >= 4 is 17.4 Å². The highest BCUT2D eigenvalue weighted by Gasteiger charge is 2.21. The lowest BCUT2D eigenvalue weighted by atomic mass is 9.88. The third-order valence-corrected chi connectivity index (χ3v) is 3.16. The van der Waals surface area contributed by atoms with Gasteiger partial charge in [-0.05, 0) is 17.7 Å². The second-order valence-corrected chi connectivity index (χ2v) is 4.64. The van der Waals surface area contributed by atoms with Gasteiger partial charge in [-0.1, -0.05) is 54.1 Å². The van der Waals surface area contributed by atoms with E-state index in [2.05, 4.69) is 6.07 Å². The van der Waals surface area contributed by atoms with E-state index in [9.17, 15) is 4.79 Å². The number of halogens is 1. The molecule has 1 atom stereocenters. The molecule has 2 aromatic carbocycles. The van der Waals surface area contributed by atoms with Crippen molar-refractivity contribution in [2.45, 2.75) is 12.3 Å². The van der Waals surface area contributed by atoms with Crippen LogP contribution in [0.15, 0.2) is 54.6 Å². The maximum absolute atomic E-state index is 12.5. The molecule has 2 nitrogen and oxygen atoms in total. The zero-order valence-corrected chi connectivity index (χ0v) is 11.0. The van der Waals surface area contributed by atoms with Gasteiger partial charge in [-0.3, -0.25) is 4.79 Å². The van der Waals surface area contributed by atoms with Crippen LogP contribution in [0, 0.1) is 11.3 Å². The van der Waals surface area contributed by atoms with E-state index in [4.69, 9.17) is 16.9 Å². The van der Waals surface area contributed by atoms with Crippen LogP contribution in [0.25, 0.3) is 0 Å². The average molecular weight is 270 g/mol. The van der Waals surface area contributed by atoms with Crippen molar-refractivity contribution in [3.8, 4) is 6.07 Å². The van der Waals surface area contributed by atoms with Gasteiger partial charge in [0.25, 0.3) is 0 Å². The number of hydrogen-bond donors (Lipinski definition) is 0. The molecule has 2 aromatic rings. The molecule has 0 aromatic heterocycles. The minimum atomic E-state index is -0.440. The van der Waals surface area contributed by atoms with E-state index in [1.165, 1.54) is 0 Å². The van der Waals surface area contributed by atoms with Crippen LogP contribution in [-0.2, 0) is 0 Å². The summed E-state index contributed by atoms with van der Waals surface area (Å²) in [4.78, 5) is 12.5. The van der Waals surface area contributed by atoms with Gasteiger partial charge in [-0.25, -0.2) is 0 Å². The Morgan fingerprint density at radius 1 is 1.16 bits per heavy atom. The molecule has 0 aliphatic carbocycles. The average Bonchev–Trinajstić information content (AvgIpc) is 2.45. The molecule has 3 heteroatoms. The van der Waals surface area contributed by atoms with Crippen molar-refractivity contribution in [2.75, 3.05) is 0 Å². The molecular weight excluding hydrogens is 258 g/mol. The fourth-order valence-corrected chi connectivity index (χ4v) is 2.17. The molecule has 0 saturated carbocycles. The number of hydrogen-bond acceptors (Lipinski definition) is 2. The summed E-state index contributed by atoms with van der Waals surface area (Å²) in [7, 11) is 0. The third-order valence-electron chi connectivity index (χ3n) is 2.92. The molecule has 19 heavy (non-hydrogen) atoms. The van der Waals surface area contributed by atoms with Crippen molar-refractivity contribution in [1.82, 2.24) is 0 Å². The normalized spacial score (nSPS) is 11.6. The summed E-state index contributed by atoms with van der Waals surface area (Å²) >= 11 is 5.90. The molecule has 0 amide bonds. The van der Waals surface area contributed by atoms with Crippen LogP contribution in [0.2, 0.25) is 5.02 Å². The van der Waals surface area contributed by atoms with E-state index in [0.29, 0.717) is 10.6 Å². The minimum absolute atomic E-state index is 0.0738. The van der Waals surface area contributed by atoms with Gasteiger partial charge in [0.15, 0.2) is 5.78 Å². The molecule has 2 rings (SSSR count). The molecule has 0 saturated heterocycles. The summed E-state index contributed by atoms with van der Waals surface area (Å²) in [5.74, 6) is -0.514.